The molecule has 1 amide bonds. The van der Waals surface area contributed by atoms with Crippen LogP contribution in [0.5, 0.6) is 11.8 Å². The lowest BCUT2D eigenvalue weighted by atomic mass is 9.90. The van der Waals surface area contributed by atoms with Crippen molar-refractivity contribution in [2.75, 3.05) is 58.2 Å². The van der Waals surface area contributed by atoms with Crippen molar-refractivity contribution in [1.82, 2.24) is 19.8 Å². The molecular formula is C41H47F4N5O6. The zero-order chi connectivity index (χ0) is 39.5. The third-order valence-electron chi connectivity index (χ3n) is 11.6. The van der Waals surface area contributed by atoms with Gasteiger partial charge < -0.3 is 29.0 Å². The van der Waals surface area contributed by atoms with Gasteiger partial charge in [0, 0.05) is 56.1 Å². The topological polar surface area (TPSA) is 110 Å². The number of hydrogen-bond acceptors (Lipinski definition) is 10. The average Bonchev–Trinajstić information content (AvgIpc) is 3.77. The van der Waals surface area contributed by atoms with E-state index in [0.717, 1.165) is 38.3 Å². The second-order valence-electron chi connectivity index (χ2n) is 16.4. The number of hydrogen-bond donors (Lipinski definition) is 1. The number of amides is 1. The van der Waals surface area contributed by atoms with Crippen molar-refractivity contribution in [1.29, 1.82) is 0 Å². The number of fused-ring (bicyclic) bond motifs is 5. The Balaban J connectivity index is 1.28. The number of aromatic nitrogens is 2. The Hall–Kier alpha value is -4.47. The third-order valence-corrected chi connectivity index (χ3v) is 11.6. The summed E-state index contributed by atoms with van der Waals surface area (Å²) in [5.41, 5.74) is -1.13. The van der Waals surface area contributed by atoms with E-state index in [0.29, 0.717) is 42.8 Å². The number of nitrogens with zero attached hydrogens (tertiary/aromatic N) is 5. The fourth-order valence-electron chi connectivity index (χ4n) is 9.27. The largest absolute Gasteiger partial charge is 0.468 e. The normalized spacial score (nSPS) is 23.7. The van der Waals surface area contributed by atoms with Crippen LogP contribution in [-0.4, -0.2) is 114 Å². The molecule has 0 saturated carbocycles. The second kappa shape index (κ2) is 14.8. The molecule has 1 aromatic heterocycles. The van der Waals surface area contributed by atoms with Gasteiger partial charge in [0.15, 0.2) is 24.2 Å². The highest BCUT2D eigenvalue weighted by Gasteiger charge is 2.50. The number of alkyl halides is 1. The maximum atomic E-state index is 17.7. The van der Waals surface area contributed by atoms with Gasteiger partial charge in [0.1, 0.15) is 35.5 Å². The van der Waals surface area contributed by atoms with E-state index < -0.39 is 40.9 Å². The highest BCUT2D eigenvalue weighted by atomic mass is 19.2. The predicted octanol–water partition coefficient (Wildman–Crippen LogP) is 6.93. The standard InChI is InChI=1S/C41H47F4N5O6/c1-40(2,3)56-39(52)50-26-7-8-27(50)20-48(19-26)37-30-15-24(10-13-51)33(29-16-28(55-22-53-4)14-23-6-9-31(43)34(44)32(23)29)35(45)36(30)46-38(47-37)54-21-41-11-5-12-49(41)18-25(42)17-41/h6,9,14-16,25-27,51H,5,7-8,10-13,17-22H2,1-4H3/t25-,26?,27?,41?/m1/s1. The molecule has 4 aliphatic heterocycles. The van der Waals surface area contributed by atoms with Gasteiger partial charge in [-0.25, -0.2) is 22.4 Å². The molecule has 11 nitrogen and oxygen atoms in total. The summed E-state index contributed by atoms with van der Waals surface area (Å²) in [7, 11) is 1.44. The number of aliphatic hydroxyl groups excluding tert-OH is 1. The van der Waals surface area contributed by atoms with Gasteiger partial charge in [0.2, 0.25) is 0 Å². The molecule has 4 fully saturated rings. The summed E-state index contributed by atoms with van der Waals surface area (Å²) in [4.78, 5) is 28.7. The Morgan fingerprint density at radius 1 is 1.02 bits per heavy atom. The van der Waals surface area contributed by atoms with Gasteiger partial charge in [0.25, 0.3) is 0 Å². The molecule has 4 atom stereocenters. The van der Waals surface area contributed by atoms with Gasteiger partial charge in [-0.1, -0.05) is 6.07 Å². The summed E-state index contributed by atoms with van der Waals surface area (Å²) in [6.45, 7) is 6.85. The van der Waals surface area contributed by atoms with E-state index in [9.17, 15) is 18.7 Å². The molecule has 300 valence electrons. The summed E-state index contributed by atoms with van der Waals surface area (Å²) < 4.78 is 85.8. The highest BCUT2D eigenvalue weighted by molar-refractivity contribution is 6.03. The fourth-order valence-corrected chi connectivity index (χ4v) is 9.27. The molecule has 1 N–H and O–H groups in total. The van der Waals surface area contributed by atoms with Crippen LogP contribution in [0.2, 0.25) is 0 Å². The predicted molar refractivity (Wildman–Crippen MR) is 201 cm³/mol. The number of methoxy groups -OCH3 is 1. The number of rotatable bonds is 10. The van der Waals surface area contributed by atoms with Crippen LogP contribution in [0.1, 0.15) is 58.4 Å². The van der Waals surface area contributed by atoms with Crippen LogP contribution in [0.4, 0.5) is 28.2 Å². The van der Waals surface area contributed by atoms with Crippen molar-refractivity contribution < 1.29 is 46.4 Å². The smallest absolute Gasteiger partial charge is 0.410 e. The van der Waals surface area contributed by atoms with Crippen molar-refractivity contribution in [3.05, 3.63) is 53.3 Å². The minimum Gasteiger partial charge on any atom is -0.468 e. The van der Waals surface area contributed by atoms with Gasteiger partial charge in [-0.05, 0) is 100 Å². The number of carbonyl (C=O) groups excluding carboxylic acids is 1. The zero-order valence-corrected chi connectivity index (χ0v) is 32.0. The van der Waals surface area contributed by atoms with E-state index >= 15 is 8.78 Å². The van der Waals surface area contributed by atoms with E-state index in [1.807, 2.05) is 25.7 Å². The molecule has 3 aromatic carbocycles. The molecule has 3 unspecified atom stereocenters. The van der Waals surface area contributed by atoms with E-state index in [4.69, 9.17) is 23.9 Å². The van der Waals surface area contributed by atoms with Gasteiger partial charge in [-0.2, -0.15) is 9.97 Å². The van der Waals surface area contributed by atoms with E-state index in [-0.39, 0.29) is 77.7 Å². The minimum atomic E-state index is -1.17. The van der Waals surface area contributed by atoms with Crippen molar-refractivity contribution in [3.8, 4) is 22.9 Å². The lowest BCUT2D eigenvalue weighted by Crippen LogP contribution is -2.57. The summed E-state index contributed by atoms with van der Waals surface area (Å²) in [5, 5.41) is 10.7. The molecule has 4 aliphatic rings. The molecule has 0 aliphatic carbocycles. The number of aliphatic hydroxyl groups is 1. The number of halogens is 4. The minimum absolute atomic E-state index is 0.000493. The lowest BCUT2D eigenvalue weighted by molar-refractivity contribution is 0.0122. The molecule has 56 heavy (non-hydrogen) atoms. The van der Waals surface area contributed by atoms with Crippen LogP contribution in [0.15, 0.2) is 30.3 Å². The molecule has 8 rings (SSSR count). The Kier molecular flexibility index (Phi) is 10.1. The first-order valence-electron chi connectivity index (χ1n) is 19.2. The zero-order valence-electron chi connectivity index (χ0n) is 32.0. The summed E-state index contributed by atoms with van der Waals surface area (Å²) in [5.74, 6) is -2.54. The van der Waals surface area contributed by atoms with Crippen LogP contribution in [0.25, 0.3) is 32.8 Å². The molecular weight excluding hydrogens is 734 g/mol. The maximum Gasteiger partial charge on any atom is 0.410 e. The first-order chi connectivity index (χ1) is 26.8. The van der Waals surface area contributed by atoms with Crippen molar-refractivity contribution >= 4 is 33.6 Å². The van der Waals surface area contributed by atoms with E-state index in [1.54, 1.807) is 11.0 Å². The quantitative estimate of drug-likeness (QED) is 0.135. The second-order valence-corrected chi connectivity index (χ2v) is 16.4. The average molecular weight is 782 g/mol. The molecule has 0 radical (unpaired) electrons. The van der Waals surface area contributed by atoms with E-state index in [1.165, 1.54) is 25.3 Å². The van der Waals surface area contributed by atoms with Crippen molar-refractivity contribution in [3.63, 3.8) is 0 Å². The SMILES string of the molecule is COCOc1cc(-c2c(CCO)cc3c(N4CC5CCC(C4)N5C(=O)OC(C)(C)C)nc(OCC45CCCN4C[C@H](F)C5)nc3c2F)c2c(F)c(F)ccc2c1. The van der Waals surface area contributed by atoms with Gasteiger partial charge >= 0.3 is 12.1 Å². The Morgan fingerprint density at radius 3 is 2.50 bits per heavy atom. The fraction of sp³-hybridized carbons (Fsp3) is 0.537. The molecule has 4 saturated heterocycles. The molecule has 5 heterocycles. The van der Waals surface area contributed by atoms with Crippen molar-refractivity contribution in [2.45, 2.75) is 88.7 Å². The van der Waals surface area contributed by atoms with E-state index in [2.05, 4.69) is 9.88 Å². The monoisotopic (exact) mass is 781 g/mol. The molecule has 15 heteroatoms. The maximum absolute atomic E-state index is 17.7. The Bertz CT molecular complexity index is 2160. The number of anilines is 1. The van der Waals surface area contributed by atoms with Crippen LogP contribution < -0.4 is 14.4 Å². The first kappa shape index (κ1) is 38.4. The number of piperazine rings is 1. The van der Waals surface area contributed by atoms with Crippen molar-refractivity contribution in [2.24, 2.45) is 0 Å². The summed E-state index contributed by atoms with van der Waals surface area (Å²) >= 11 is 0. The van der Waals surface area contributed by atoms with Gasteiger partial charge in [-0.3, -0.25) is 9.80 Å². The van der Waals surface area contributed by atoms with Gasteiger partial charge in [0.05, 0.1) is 17.6 Å². The summed E-state index contributed by atoms with van der Waals surface area (Å²) in [6.07, 6.45) is 2.00. The number of carbonyl (C=O) groups is 1. The van der Waals surface area contributed by atoms with Crippen LogP contribution in [-0.2, 0) is 15.9 Å². The number of benzene rings is 3. The molecule has 0 spiro atoms. The number of ether oxygens (including phenoxy) is 4. The van der Waals surface area contributed by atoms with Crippen LogP contribution in [0.3, 0.4) is 0 Å². The lowest BCUT2D eigenvalue weighted by Gasteiger charge is -2.42. The molecule has 2 bridgehead atoms. The Morgan fingerprint density at radius 2 is 1.79 bits per heavy atom. The van der Waals surface area contributed by atoms with Crippen LogP contribution in [0, 0.1) is 17.5 Å². The van der Waals surface area contributed by atoms with Gasteiger partial charge in [-0.15, -0.1) is 0 Å². The highest BCUT2D eigenvalue weighted by Crippen LogP contribution is 2.44. The molecule has 4 aromatic rings. The van der Waals surface area contributed by atoms with Crippen LogP contribution >= 0.6 is 0 Å². The summed E-state index contributed by atoms with van der Waals surface area (Å²) in [6, 6.07) is 6.47. The third kappa shape index (κ3) is 6.95. The first-order valence-corrected chi connectivity index (χ1v) is 19.2. The Labute approximate surface area is 322 Å².